The molecule has 0 aromatic heterocycles. The van der Waals surface area contributed by atoms with Crippen molar-refractivity contribution in [1.82, 2.24) is 0 Å². The van der Waals surface area contributed by atoms with E-state index in [1.165, 1.54) is 5.56 Å². The number of benzene rings is 1. The predicted octanol–water partition coefficient (Wildman–Crippen LogP) is 4.79. The van der Waals surface area contributed by atoms with Crippen molar-refractivity contribution in [2.24, 2.45) is 0 Å². The standard InChI is InChI=1S/C13H19FS/c1-8(2)10-6-7-11(14)12(9(3)4)13(10)15-5/h6-9H,1-5H3. The molecule has 0 unspecified atom stereocenters. The summed E-state index contributed by atoms with van der Waals surface area (Å²) < 4.78 is 13.7. The molecule has 0 aliphatic rings. The SMILES string of the molecule is CSc1c(C(C)C)ccc(F)c1C(C)C. The van der Waals surface area contributed by atoms with E-state index in [0.29, 0.717) is 5.92 Å². The van der Waals surface area contributed by atoms with Gasteiger partial charge in [0.15, 0.2) is 0 Å². The molecule has 0 aliphatic heterocycles. The van der Waals surface area contributed by atoms with Crippen molar-refractivity contribution >= 4 is 11.8 Å². The third kappa shape index (κ3) is 2.54. The Kier molecular flexibility index (Phi) is 4.21. The quantitative estimate of drug-likeness (QED) is 0.667. The van der Waals surface area contributed by atoms with E-state index in [1.54, 1.807) is 17.8 Å². The first kappa shape index (κ1) is 12.6. The molecule has 0 N–H and O–H groups in total. The second-order valence-electron chi connectivity index (χ2n) is 4.39. The highest BCUT2D eigenvalue weighted by molar-refractivity contribution is 7.98. The largest absolute Gasteiger partial charge is 0.207 e. The van der Waals surface area contributed by atoms with Crippen molar-refractivity contribution < 1.29 is 4.39 Å². The smallest absolute Gasteiger partial charge is 0.127 e. The molecule has 0 bridgehead atoms. The Hall–Kier alpha value is -0.500. The summed E-state index contributed by atoms with van der Waals surface area (Å²) in [5, 5.41) is 0. The number of rotatable bonds is 3. The second-order valence-corrected chi connectivity index (χ2v) is 5.21. The maximum absolute atomic E-state index is 13.7. The molecule has 0 fully saturated rings. The van der Waals surface area contributed by atoms with Crippen LogP contribution in [0.2, 0.25) is 0 Å². The van der Waals surface area contributed by atoms with E-state index in [-0.39, 0.29) is 11.7 Å². The van der Waals surface area contributed by atoms with Crippen LogP contribution in [0.25, 0.3) is 0 Å². The van der Waals surface area contributed by atoms with E-state index in [1.807, 2.05) is 26.2 Å². The molecule has 0 radical (unpaired) electrons. The monoisotopic (exact) mass is 226 g/mol. The predicted molar refractivity (Wildman–Crippen MR) is 66.4 cm³/mol. The minimum atomic E-state index is -0.0706. The number of thioether (sulfide) groups is 1. The summed E-state index contributed by atoms with van der Waals surface area (Å²) in [5.74, 6) is 0.621. The first-order chi connectivity index (χ1) is 6.99. The Labute approximate surface area is 96.3 Å². The van der Waals surface area contributed by atoms with E-state index in [0.717, 1.165) is 10.5 Å². The van der Waals surface area contributed by atoms with E-state index in [9.17, 15) is 4.39 Å². The summed E-state index contributed by atoms with van der Waals surface area (Å²) in [5.41, 5.74) is 2.13. The fourth-order valence-corrected chi connectivity index (χ4v) is 2.91. The van der Waals surface area contributed by atoms with Crippen molar-refractivity contribution in [1.29, 1.82) is 0 Å². The Bertz CT molecular complexity index is 343. The molecule has 0 spiro atoms. The van der Waals surface area contributed by atoms with Crippen molar-refractivity contribution in [2.75, 3.05) is 6.26 Å². The van der Waals surface area contributed by atoms with E-state index >= 15 is 0 Å². The molecule has 84 valence electrons. The van der Waals surface area contributed by atoms with E-state index < -0.39 is 0 Å². The Morgan fingerprint density at radius 3 is 2.07 bits per heavy atom. The molecule has 0 aliphatic carbocycles. The molecule has 2 heteroatoms. The molecule has 0 atom stereocenters. The summed E-state index contributed by atoms with van der Waals surface area (Å²) in [7, 11) is 0. The van der Waals surface area contributed by atoms with Crippen molar-refractivity contribution in [3.8, 4) is 0 Å². The third-order valence-corrected chi connectivity index (χ3v) is 3.44. The highest BCUT2D eigenvalue weighted by Crippen LogP contribution is 2.35. The molecular formula is C13H19FS. The lowest BCUT2D eigenvalue weighted by Gasteiger charge is -2.18. The molecule has 1 rings (SSSR count). The minimum absolute atomic E-state index is 0.0706. The fraction of sp³-hybridized carbons (Fsp3) is 0.538. The van der Waals surface area contributed by atoms with Crippen LogP contribution in [0.3, 0.4) is 0 Å². The minimum Gasteiger partial charge on any atom is -0.207 e. The average Bonchev–Trinajstić information content (AvgIpc) is 2.15. The third-order valence-electron chi connectivity index (χ3n) is 2.58. The van der Waals surface area contributed by atoms with Crippen molar-refractivity contribution in [2.45, 2.75) is 44.4 Å². The van der Waals surface area contributed by atoms with E-state index in [2.05, 4.69) is 13.8 Å². The lowest BCUT2D eigenvalue weighted by molar-refractivity contribution is 0.586. The molecular weight excluding hydrogens is 207 g/mol. The second kappa shape index (κ2) is 5.02. The zero-order valence-corrected chi connectivity index (χ0v) is 10.9. The van der Waals surface area contributed by atoms with Gasteiger partial charge in [0.05, 0.1) is 0 Å². The maximum atomic E-state index is 13.7. The van der Waals surface area contributed by atoms with Gasteiger partial charge in [0.1, 0.15) is 5.82 Å². The normalized spacial score (nSPS) is 11.5. The van der Waals surface area contributed by atoms with E-state index in [4.69, 9.17) is 0 Å². The molecule has 15 heavy (non-hydrogen) atoms. The van der Waals surface area contributed by atoms with Gasteiger partial charge in [0.2, 0.25) is 0 Å². The molecule has 1 aromatic rings. The highest BCUT2D eigenvalue weighted by Gasteiger charge is 2.16. The summed E-state index contributed by atoms with van der Waals surface area (Å²) in [4.78, 5) is 1.12. The molecule has 0 saturated heterocycles. The zero-order chi connectivity index (χ0) is 11.6. The molecule has 1 aromatic carbocycles. The van der Waals surface area contributed by atoms with Gasteiger partial charge in [0, 0.05) is 10.5 Å². The van der Waals surface area contributed by atoms with Crippen LogP contribution in [0.5, 0.6) is 0 Å². The molecule has 0 nitrogen and oxygen atoms in total. The lowest BCUT2D eigenvalue weighted by Crippen LogP contribution is -2.01. The van der Waals surface area contributed by atoms with Gasteiger partial charge in [-0.1, -0.05) is 33.8 Å². The van der Waals surface area contributed by atoms with Gasteiger partial charge in [0.25, 0.3) is 0 Å². The molecule has 0 amide bonds. The van der Waals surface area contributed by atoms with Gasteiger partial charge in [-0.05, 0) is 29.7 Å². The number of hydrogen-bond donors (Lipinski definition) is 0. The lowest BCUT2D eigenvalue weighted by atomic mass is 9.95. The van der Waals surface area contributed by atoms with Gasteiger partial charge < -0.3 is 0 Å². The van der Waals surface area contributed by atoms with Crippen LogP contribution in [-0.4, -0.2) is 6.26 Å². The Morgan fingerprint density at radius 2 is 1.67 bits per heavy atom. The van der Waals surface area contributed by atoms with Crippen molar-refractivity contribution in [3.05, 3.63) is 29.1 Å². The van der Waals surface area contributed by atoms with Crippen LogP contribution in [0.4, 0.5) is 4.39 Å². The Balaban J connectivity index is 3.40. The van der Waals surface area contributed by atoms with Crippen LogP contribution in [0.15, 0.2) is 17.0 Å². The van der Waals surface area contributed by atoms with Gasteiger partial charge in [-0.15, -0.1) is 11.8 Å². The number of hydrogen-bond acceptors (Lipinski definition) is 1. The van der Waals surface area contributed by atoms with Crippen LogP contribution in [0, 0.1) is 5.82 Å². The first-order valence-corrected chi connectivity index (χ1v) is 6.57. The summed E-state index contributed by atoms with van der Waals surface area (Å²) in [6.45, 7) is 8.39. The van der Waals surface area contributed by atoms with Gasteiger partial charge in [-0.2, -0.15) is 0 Å². The summed E-state index contributed by atoms with van der Waals surface area (Å²) >= 11 is 1.65. The zero-order valence-electron chi connectivity index (χ0n) is 10.1. The first-order valence-electron chi connectivity index (χ1n) is 5.35. The van der Waals surface area contributed by atoms with Crippen LogP contribution >= 0.6 is 11.8 Å². The highest BCUT2D eigenvalue weighted by atomic mass is 32.2. The average molecular weight is 226 g/mol. The Morgan fingerprint density at radius 1 is 1.07 bits per heavy atom. The van der Waals surface area contributed by atoms with Crippen LogP contribution < -0.4 is 0 Å². The van der Waals surface area contributed by atoms with Crippen LogP contribution in [0.1, 0.15) is 50.7 Å². The maximum Gasteiger partial charge on any atom is 0.127 e. The molecule has 0 heterocycles. The van der Waals surface area contributed by atoms with Gasteiger partial charge >= 0.3 is 0 Å². The topological polar surface area (TPSA) is 0 Å². The van der Waals surface area contributed by atoms with Gasteiger partial charge in [-0.25, -0.2) is 4.39 Å². The fourth-order valence-electron chi connectivity index (χ4n) is 1.81. The van der Waals surface area contributed by atoms with Gasteiger partial charge in [-0.3, -0.25) is 0 Å². The van der Waals surface area contributed by atoms with Crippen molar-refractivity contribution in [3.63, 3.8) is 0 Å². The number of halogens is 1. The van der Waals surface area contributed by atoms with Crippen LogP contribution in [-0.2, 0) is 0 Å². The molecule has 0 saturated carbocycles. The summed E-state index contributed by atoms with van der Waals surface area (Å²) in [6.07, 6.45) is 2.02. The summed E-state index contributed by atoms with van der Waals surface area (Å²) in [6, 6.07) is 3.52.